The first-order valence-corrected chi connectivity index (χ1v) is 12.1. The van der Waals surface area contributed by atoms with E-state index in [0.717, 1.165) is 35.9 Å². The average Bonchev–Trinajstić information content (AvgIpc) is 3.11. The molecule has 5 nitrogen and oxygen atoms in total. The van der Waals surface area contributed by atoms with Crippen LogP contribution in [0.25, 0.3) is 0 Å². The van der Waals surface area contributed by atoms with Gasteiger partial charge in [0, 0.05) is 29.3 Å². The monoisotopic (exact) mass is 435 g/mol. The van der Waals surface area contributed by atoms with Crippen LogP contribution in [-0.2, 0) is 21.5 Å². The summed E-state index contributed by atoms with van der Waals surface area (Å²) >= 11 is 1.57. The zero-order valence-electron chi connectivity index (χ0n) is 20.4. The highest BCUT2D eigenvalue weighted by Crippen LogP contribution is 2.56. The fourth-order valence-corrected chi connectivity index (χ4v) is 5.31. The summed E-state index contributed by atoms with van der Waals surface area (Å²) in [6.07, 6.45) is 6.69. The van der Waals surface area contributed by atoms with Gasteiger partial charge in [-0.05, 0) is 77.2 Å². The number of aromatic nitrogens is 1. The molecule has 2 rings (SSSR count). The quantitative estimate of drug-likeness (QED) is 0.680. The number of hydrogen-bond donors (Lipinski definition) is 1. The van der Waals surface area contributed by atoms with Gasteiger partial charge in [0.05, 0.1) is 5.41 Å². The highest BCUT2D eigenvalue weighted by Gasteiger charge is 2.58. The van der Waals surface area contributed by atoms with Crippen LogP contribution in [0, 0.1) is 16.7 Å². The third kappa shape index (κ3) is 4.90. The minimum absolute atomic E-state index is 0.0426. The number of carbonyl (C=O) groups is 2. The molecule has 0 aliphatic heterocycles. The Morgan fingerprint density at radius 2 is 1.93 bits per heavy atom. The second kappa shape index (κ2) is 8.97. The maximum atomic E-state index is 13.5. The minimum Gasteiger partial charge on any atom is -0.354 e. The number of carbonyl (C=O) groups excluding carboxylic acids is 2. The van der Waals surface area contributed by atoms with Crippen molar-refractivity contribution in [3.05, 3.63) is 16.4 Å². The van der Waals surface area contributed by atoms with Crippen LogP contribution in [0.1, 0.15) is 93.6 Å². The molecule has 0 spiro atoms. The van der Waals surface area contributed by atoms with Crippen molar-refractivity contribution in [1.82, 2.24) is 9.27 Å². The molecule has 1 aliphatic rings. The molecule has 1 N–H and O–H groups in total. The van der Waals surface area contributed by atoms with Crippen molar-refractivity contribution in [3.63, 3.8) is 0 Å². The smallest absolute Gasteiger partial charge is 0.253 e. The molecule has 0 unspecified atom stereocenters. The lowest BCUT2D eigenvalue weighted by molar-refractivity contribution is -0.136. The van der Waals surface area contributed by atoms with Gasteiger partial charge in [-0.3, -0.25) is 13.5 Å². The number of nitrogens with zero attached hydrogens (tertiary/aromatic N) is 2. The lowest BCUT2D eigenvalue weighted by Crippen LogP contribution is -2.46. The fraction of sp³-hybridized carbons (Fsp3) is 0.792. The van der Waals surface area contributed by atoms with Gasteiger partial charge in [-0.2, -0.15) is 0 Å². The zero-order chi connectivity index (χ0) is 22.9. The third-order valence-corrected chi connectivity index (χ3v) is 8.22. The maximum absolute atomic E-state index is 13.5. The minimum atomic E-state index is -0.648. The van der Waals surface area contributed by atoms with E-state index in [0.29, 0.717) is 6.42 Å². The van der Waals surface area contributed by atoms with Gasteiger partial charge in [0.2, 0.25) is 5.91 Å². The highest BCUT2D eigenvalue weighted by atomic mass is 32.1. The molecule has 1 heterocycles. The van der Waals surface area contributed by atoms with Crippen LogP contribution in [-0.4, -0.2) is 21.8 Å². The summed E-state index contributed by atoms with van der Waals surface area (Å²) in [5, 5.41) is 3.04. The summed E-state index contributed by atoms with van der Waals surface area (Å²) in [7, 11) is 0. The summed E-state index contributed by atoms with van der Waals surface area (Å²) in [6, 6.07) is 0.0978. The lowest BCUT2D eigenvalue weighted by Gasteiger charge is -2.38. The Labute approximate surface area is 186 Å². The standard InChI is InChI=1S/C24H41N3O2S/c1-10-11-12-17-15-27(22(4,5)6)30-20(17)26-21(29)24(9)14-13-18(23(24,7)8)19(28)25-16(2)3/h15-16,18H,10-14H2,1-9H3,(H,25,28)/b26-20-/t18-,24+/m1/s1. The number of hydrogen-bond acceptors (Lipinski definition) is 3. The number of nitrogens with one attached hydrogen (secondary N) is 1. The van der Waals surface area contributed by atoms with Gasteiger partial charge >= 0.3 is 0 Å². The maximum Gasteiger partial charge on any atom is 0.253 e. The summed E-state index contributed by atoms with van der Waals surface area (Å²) < 4.78 is 3.03. The Bertz CT molecular complexity index is 841. The highest BCUT2D eigenvalue weighted by molar-refractivity contribution is 7.04. The molecule has 2 atom stereocenters. The van der Waals surface area contributed by atoms with E-state index in [2.05, 4.69) is 62.0 Å². The number of amides is 2. The van der Waals surface area contributed by atoms with Crippen LogP contribution in [0.2, 0.25) is 0 Å². The molecule has 1 aromatic rings. The van der Waals surface area contributed by atoms with Crippen LogP contribution in [0.3, 0.4) is 0 Å². The predicted octanol–water partition coefficient (Wildman–Crippen LogP) is 5.04. The van der Waals surface area contributed by atoms with Crippen molar-refractivity contribution in [3.8, 4) is 0 Å². The van der Waals surface area contributed by atoms with E-state index >= 15 is 0 Å². The lowest BCUT2D eigenvalue weighted by atomic mass is 9.65. The van der Waals surface area contributed by atoms with E-state index in [1.54, 1.807) is 11.5 Å². The number of rotatable bonds is 6. The van der Waals surface area contributed by atoms with Crippen molar-refractivity contribution >= 4 is 23.3 Å². The third-order valence-electron chi connectivity index (χ3n) is 6.84. The van der Waals surface area contributed by atoms with Crippen molar-refractivity contribution < 1.29 is 9.59 Å². The van der Waals surface area contributed by atoms with E-state index in [1.807, 2.05) is 20.8 Å². The first-order valence-electron chi connectivity index (χ1n) is 11.4. The molecular weight excluding hydrogens is 394 g/mol. The van der Waals surface area contributed by atoms with Gasteiger partial charge in [-0.15, -0.1) is 0 Å². The molecular formula is C24H41N3O2S. The predicted molar refractivity (Wildman–Crippen MR) is 124 cm³/mol. The summed E-state index contributed by atoms with van der Waals surface area (Å²) in [4.78, 5) is 31.0. The van der Waals surface area contributed by atoms with Crippen LogP contribution in [0.5, 0.6) is 0 Å². The zero-order valence-corrected chi connectivity index (χ0v) is 21.2. The van der Waals surface area contributed by atoms with Crippen molar-refractivity contribution in [2.45, 2.75) is 106 Å². The van der Waals surface area contributed by atoms with Crippen molar-refractivity contribution in [2.75, 3.05) is 0 Å². The average molecular weight is 436 g/mol. The van der Waals surface area contributed by atoms with Crippen LogP contribution >= 0.6 is 11.5 Å². The largest absolute Gasteiger partial charge is 0.354 e. The molecule has 30 heavy (non-hydrogen) atoms. The Kier molecular flexibility index (Phi) is 7.43. The normalized spacial score (nSPS) is 24.5. The first kappa shape index (κ1) is 24.8. The summed E-state index contributed by atoms with van der Waals surface area (Å²) in [6.45, 7) is 18.7. The van der Waals surface area contributed by atoms with Gasteiger partial charge < -0.3 is 5.32 Å². The van der Waals surface area contributed by atoms with E-state index in [9.17, 15) is 9.59 Å². The SMILES string of the molecule is CCCCc1cn(C(C)(C)C)s/c1=N\C(=O)[C@]1(C)CC[C@H](C(=O)NC(C)C)C1(C)C. The van der Waals surface area contributed by atoms with E-state index in [4.69, 9.17) is 0 Å². The topological polar surface area (TPSA) is 63.5 Å². The van der Waals surface area contributed by atoms with Gasteiger partial charge in [-0.1, -0.05) is 34.1 Å². The molecule has 1 fully saturated rings. The second-order valence-corrected chi connectivity index (χ2v) is 11.8. The van der Waals surface area contributed by atoms with Crippen molar-refractivity contribution in [2.24, 2.45) is 21.7 Å². The molecule has 0 bridgehead atoms. The molecule has 6 heteroatoms. The summed E-state index contributed by atoms with van der Waals surface area (Å²) in [5.74, 6) is -0.212. The van der Waals surface area contributed by atoms with E-state index in [1.165, 1.54) is 0 Å². The Morgan fingerprint density at radius 1 is 1.30 bits per heavy atom. The summed E-state index contributed by atoms with van der Waals surface area (Å²) in [5.41, 5.74) is 0.00962. The van der Waals surface area contributed by atoms with Gasteiger partial charge in [0.1, 0.15) is 4.67 Å². The van der Waals surface area contributed by atoms with Crippen LogP contribution < -0.4 is 9.99 Å². The van der Waals surface area contributed by atoms with Gasteiger partial charge in [0.25, 0.3) is 5.91 Å². The van der Waals surface area contributed by atoms with Crippen molar-refractivity contribution in [1.29, 1.82) is 0 Å². The number of unbranched alkanes of at least 4 members (excludes halogenated alkanes) is 1. The number of aryl methyl sites for hydroxylation is 1. The van der Waals surface area contributed by atoms with E-state index < -0.39 is 10.8 Å². The Balaban J connectivity index is 2.41. The molecule has 1 aliphatic carbocycles. The Morgan fingerprint density at radius 3 is 2.47 bits per heavy atom. The molecule has 1 saturated carbocycles. The van der Waals surface area contributed by atoms with Crippen LogP contribution in [0.15, 0.2) is 11.2 Å². The second-order valence-electron chi connectivity index (χ2n) is 10.9. The van der Waals surface area contributed by atoms with Gasteiger partial charge in [-0.25, -0.2) is 4.99 Å². The van der Waals surface area contributed by atoms with Crippen LogP contribution in [0.4, 0.5) is 0 Å². The molecule has 0 radical (unpaired) electrons. The van der Waals surface area contributed by atoms with E-state index in [-0.39, 0.29) is 29.3 Å². The molecule has 1 aromatic heterocycles. The Hall–Kier alpha value is -1.43. The molecule has 2 amide bonds. The fourth-order valence-electron chi connectivity index (χ4n) is 4.28. The van der Waals surface area contributed by atoms with Gasteiger partial charge in [0.15, 0.2) is 0 Å². The molecule has 0 saturated heterocycles. The molecule has 0 aromatic carbocycles. The molecule has 170 valence electrons. The first-order chi connectivity index (χ1) is 13.7.